The van der Waals surface area contributed by atoms with Crippen molar-refractivity contribution in [3.8, 4) is 0 Å². The number of nitrogens with zero attached hydrogens (tertiary/aromatic N) is 2. The van der Waals surface area contributed by atoms with E-state index < -0.39 is 10.0 Å². The maximum Gasteiger partial charge on any atom is 0.243 e. The highest BCUT2D eigenvalue weighted by molar-refractivity contribution is 7.89. The second-order valence-corrected chi connectivity index (χ2v) is 8.63. The van der Waals surface area contributed by atoms with Gasteiger partial charge in [0, 0.05) is 25.7 Å². The zero-order valence-corrected chi connectivity index (χ0v) is 15.3. The third kappa shape index (κ3) is 3.99. The fourth-order valence-electron chi connectivity index (χ4n) is 3.67. The molecular formula is C18H28N2O3S. The predicted octanol–water partition coefficient (Wildman–Crippen LogP) is 2.47. The first-order valence-corrected chi connectivity index (χ1v) is 10.5. The van der Waals surface area contributed by atoms with Crippen molar-refractivity contribution in [2.75, 3.05) is 32.8 Å². The minimum absolute atomic E-state index is 0.388. The lowest BCUT2D eigenvalue weighted by Gasteiger charge is -2.35. The monoisotopic (exact) mass is 352 g/mol. The molecule has 2 heterocycles. The first-order chi connectivity index (χ1) is 11.6. The van der Waals surface area contributed by atoms with Gasteiger partial charge in [-0.3, -0.25) is 4.90 Å². The Balaban J connectivity index is 1.68. The third-order valence-corrected chi connectivity index (χ3v) is 7.05. The van der Waals surface area contributed by atoms with Crippen LogP contribution in [0.15, 0.2) is 29.2 Å². The zero-order chi connectivity index (χ0) is 17.0. The minimum Gasteiger partial charge on any atom is -0.379 e. The number of sulfonamides is 1. The number of hydrogen-bond acceptors (Lipinski definition) is 4. The molecule has 1 aromatic rings. The van der Waals surface area contributed by atoms with E-state index in [0.29, 0.717) is 37.2 Å². The largest absolute Gasteiger partial charge is 0.379 e. The quantitative estimate of drug-likeness (QED) is 0.817. The molecule has 24 heavy (non-hydrogen) atoms. The molecule has 5 nitrogen and oxygen atoms in total. The van der Waals surface area contributed by atoms with E-state index in [4.69, 9.17) is 4.74 Å². The van der Waals surface area contributed by atoms with Crippen molar-refractivity contribution in [3.63, 3.8) is 0 Å². The lowest BCUT2D eigenvalue weighted by Crippen LogP contribution is -2.40. The van der Waals surface area contributed by atoms with Crippen LogP contribution < -0.4 is 0 Å². The zero-order valence-electron chi connectivity index (χ0n) is 14.5. The van der Waals surface area contributed by atoms with Crippen LogP contribution in [0.2, 0.25) is 0 Å². The molecule has 2 aliphatic heterocycles. The van der Waals surface area contributed by atoms with Crippen molar-refractivity contribution in [3.05, 3.63) is 29.8 Å². The summed E-state index contributed by atoms with van der Waals surface area (Å²) in [6.07, 6.45) is 5.05. The molecule has 2 fully saturated rings. The summed E-state index contributed by atoms with van der Waals surface area (Å²) in [7, 11) is -3.39. The Kier molecular flexibility index (Phi) is 5.92. The van der Waals surface area contributed by atoms with Crippen LogP contribution in [0.3, 0.4) is 0 Å². The lowest BCUT2D eigenvalue weighted by atomic mass is 9.99. The molecule has 2 aliphatic rings. The van der Waals surface area contributed by atoms with Crippen LogP contribution in [-0.2, 0) is 21.3 Å². The standard InChI is InChI=1S/C18H28N2O3S/c1-2-17-5-3-4-10-19(17)15-16-6-8-18(9-7-16)24(21,22)20-11-13-23-14-12-20/h6-9,17H,2-5,10-15H2,1H3. The predicted molar refractivity (Wildman–Crippen MR) is 94.4 cm³/mol. The molecule has 0 aromatic heterocycles. The number of likely N-dealkylation sites (tertiary alicyclic amines) is 1. The third-order valence-electron chi connectivity index (χ3n) is 5.14. The first kappa shape index (κ1) is 17.9. The van der Waals surface area contributed by atoms with Crippen molar-refractivity contribution in [2.45, 2.75) is 50.1 Å². The molecule has 0 aliphatic carbocycles. The van der Waals surface area contributed by atoms with Crippen LogP contribution in [0.4, 0.5) is 0 Å². The van der Waals surface area contributed by atoms with Gasteiger partial charge in [0.1, 0.15) is 0 Å². The highest BCUT2D eigenvalue weighted by Gasteiger charge is 2.26. The number of piperidine rings is 1. The molecule has 0 bridgehead atoms. The molecule has 134 valence electrons. The summed E-state index contributed by atoms with van der Waals surface area (Å²) in [4.78, 5) is 2.92. The number of rotatable bonds is 5. The number of ether oxygens (including phenoxy) is 1. The van der Waals surface area contributed by atoms with Crippen molar-refractivity contribution in [1.29, 1.82) is 0 Å². The van der Waals surface area contributed by atoms with Crippen molar-refractivity contribution < 1.29 is 13.2 Å². The van der Waals surface area contributed by atoms with Crippen molar-refractivity contribution >= 4 is 10.0 Å². The molecule has 3 rings (SSSR count). The average molecular weight is 353 g/mol. The second kappa shape index (κ2) is 7.95. The van der Waals surface area contributed by atoms with E-state index in [9.17, 15) is 8.42 Å². The molecular weight excluding hydrogens is 324 g/mol. The summed E-state index contributed by atoms with van der Waals surface area (Å²) >= 11 is 0. The minimum atomic E-state index is -3.39. The molecule has 0 amide bonds. The molecule has 1 unspecified atom stereocenters. The van der Waals surface area contributed by atoms with Crippen LogP contribution in [0, 0.1) is 0 Å². The summed E-state index contributed by atoms with van der Waals surface area (Å²) in [6.45, 7) is 6.14. The van der Waals surface area contributed by atoms with Crippen molar-refractivity contribution in [1.82, 2.24) is 9.21 Å². The molecule has 2 saturated heterocycles. The Morgan fingerprint density at radius 3 is 2.46 bits per heavy atom. The molecule has 0 N–H and O–H groups in total. The average Bonchev–Trinajstić information content (AvgIpc) is 2.63. The molecule has 6 heteroatoms. The Morgan fingerprint density at radius 2 is 1.79 bits per heavy atom. The topological polar surface area (TPSA) is 49.9 Å². The van der Waals surface area contributed by atoms with Crippen molar-refractivity contribution in [2.24, 2.45) is 0 Å². The highest BCUT2D eigenvalue weighted by Crippen LogP contribution is 2.23. The number of benzene rings is 1. The van der Waals surface area contributed by atoms with Gasteiger partial charge in [-0.1, -0.05) is 25.5 Å². The molecule has 1 aromatic carbocycles. The molecule has 1 atom stereocenters. The lowest BCUT2D eigenvalue weighted by molar-refractivity contribution is 0.0730. The van der Waals surface area contributed by atoms with E-state index in [1.165, 1.54) is 35.6 Å². The van der Waals surface area contributed by atoms with Crippen LogP contribution in [0.1, 0.15) is 38.2 Å². The Morgan fingerprint density at radius 1 is 1.08 bits per heavy atom. The Labute approximate surface area is 145 Å². The maximum atomic E-state index is 12.6. The van der Waals surface area contributed by atoms with Gasteiger partial charge >= 0.3 is 0 Å². The first-order valence-electron chi connectivity index (χ1n) is 9.02. The maximum absolute atomic E-state index is 12.6. The summed E-state index contributed by atoms with van der Waals surface area (Å²) in [5, 5.41) is 0. The highest BCUT2D eigenvalue weighted by atomic mass is 32.2. The van der Waals surface area contributed by atoms with E-state index in [-0.39, 0.29) is 0 Å². The molecule has 0 spiro atoms. The van der Waals surface area contributed by atoms with Gasteiger partial charge in [0.05, 0.1) is 18.1 Å². The normalized spacial score (nSPS) is 24.1. The van der Waals surface area contributed by atoms with Gasteiger partial charge in [0.2, 0.25) is 10.0 Å². The van der Waals surface area contributed by atoms with Crippen LogP contribution in [-0.4, -0.2) is 56.5 Å². The van der Waals surface area contributed by atoms with E-state index in [1.807, 2.05) is 12.1 Å². The van der Waals surface area contributed by atoms with Gasteiger partial charge in [-0.05, 0) is 43.5 Å². The summed E-state index contributed by atoms with van der Waals surface area (Å²) in [6, 6.07) is 8.11. The summed E-state index contributed by atoms with van der Waals surface area (Å²) in [5.74, 6) is 0. The fourth-order valence-corrected chi connectivity index (χ4v) is 5.08. The van der Waals surface area contributed by atoms with E-state index in [1.54, 1.807) is 12.1 Å². The SMILES string of the molecule is CCC1CCCCN1Cc1ccc(S(=O)(=O)N2CCOCC2)cc1. The smallest absolute Gasteiger partial charge is 0.243 e. The van der Waals surface area contributed by atoms with E-state index in [2.05, 4.69) is 11.8 Å². The molecule has 0 saturated carbocycles. The van der Waals surface area contributed by atoms with Gasteiger partial charge in [-0.15, -0.1) is 0 Å². The second-order valence-electron chi connectivity index (χ2n) is 6.69. The van der Waals surface area contributed by atoms with E-state index >= 15 is 0 Å². The summed E-state index contributed by atoms with van der Waals surface area (Å²) in [5.41, 5.74) is 1.19. The van der Waals surface area contributed by atoms with Crippen LogP contribution in [0.25, 0.3) is 0 Å². The van der Waals surface area contributed by atoms with Gasteiger partial charge < -0.3 is 4.74 Å². The number of hydrogen-bond donors (Lipinski definition) is 0. The fraction of sp³-hybridized carbons (Fsp3) is 0.667. The Hall–Kier alpha value is -0.950. The van der Waals surface area contributed by atoms with E-state index in [0.717, 1.165) is 13.1 Å². The number of morpholine rings is 1. The summed E-state index contributed by atoms with van der Waals surface area (Å²) < 4.78 is 32.1. The molecule has 0 radical (unpaired) electrons. The van der Waals surface area contributed by atoms with Crippen LogP contribution in [0.5, 0.6) is 0 Å². The van der Waals surface area contributed by atoms with Gasteiger partial charge in [0.15, 0.2) is 0 Å². The Bertz CT molecular complexity index is 624. The van der Waals surface area contributed by atoms with Crippen LogP contribution >= 0.6 is 0 Å². The van der Waals surface area contributed by atoms with Gasteiger partial charge in [0.25, 0.3) is 0 Å². The van der Waals surface area contributed by atoms with Gasteiger partial charge in [-0.2, -0.15) is 4.31 Å². The van der Waals surface area contributed by atoms with Gasteiger partial charge in [-0.25, -0.2) is 8.42 Å².